The van der Waals surface area contributed by atoms with Gasteiger partial charge < -0.3 is 9.80 Å². The first-order chi connectivity index (χ1) is 11.2. The van der Waals surface area contributed by atoms with Crippen LogP contribution in [0.15, 0.2) is 18.5 Å². The van der Waals surface area contributed by atoms with Crippen LogP contribution in [-0.2, 0) is 0 Å². The number of fused-ring (bicyclic) bond motifs is 1. The summed E-state index contributed by atoms with van der Waals surface area (Å²) in [6.45, 7) is 4.52. The summed E-state index contributed by atoms with van der Waals surface area (Å²) in [4.78, 5) is 7.38. The maximum Gasteiger partial charge on any atom is 0.177 e. The normalized spacial score (nSPS) is 23.6. The van der Waals surface area contributed by atoms with Gasteiger partial charge in [-0.05, 0) is 45.6 Å². The SMILES string of the molecule is CN1CCCCC1CN(C)C1CN(c2ccc3nncn3n2)C1. The van der Waals surface area contributed by atoms with Crippen LogP contribution in [0, 0.1) is 0 Å². The summed E-state index contributed by atoms with van der Waals surface area (Å²) in [7, 11) is 4.53. The van der Waals surface area contributed by atoms with Crippen molar-refractivity contribution in [1.82, 2.24) is 29.6 Å². The lowest BCUT2D eigenvalue weighted by Gasteiger charge is -2.46. The first-order valence-corrected chi connectivity index (χ1v) is 8.53. The van der Waals surface area contributed by atoms with E-state index in [0.717, 1.165) is 24.6 Å². The molecule has 2 aliphatic rings. The second-order valence-electron chi connectivity index (χ2n) is 6.95. The highest BCUT2D eigenvalue weighted by Crippen LogP contribution is 2.23. The minimum atomic E-state index is 0.628. The Kier molecular flexibility index (Phi) is 3.90. The lowest BCUT2D eigenvalue weighted by molar-refractivity contribution is 0.109. The number of nitrogens with zero attached hydrogens (tertiary/aromatic N) is 7. The van der Waals surface area contributed by atoms with Gasteiger partial charge in [0.2, 0.25) is 0 Å². The summed E-state index contributed by atoms with van der Waals surface area (Å²) >= 11 is 0. The van der Waals surface area contributed by atoms with E-state index in [-0.39, 0.29) is 0 Å². The van der Waals surface area contributed by atoms with Crippen molar-refractivity contribution in [3.05, 3.63) is 18.5 Å². The van der Waals surface area contributed by atoms with Crippen molar-refractivity contribution in [1.29, 1.82) is 0 Å². The zero-order valence-electron chi connectivity index (χ0n) is 14.0. The fourth-order valence-electron chi connectivity index (χ4n) is 3.66. The summed E-state index contributed by atoms with van der Waals surface area (Å²) < 4.78 is 1.74. The van der Waals surface area contributed by atoms with Crippen molar-refractivity contribution >= 4 is 11.5 Å². The highest BCUT2D eigenvalue weighted by Gasteiger charge is 2.33. The van der Waals surface area contributed by atoms with Gasteiger partial charge >= 0.3 is 0 Å². The zero-order chi connectivity index (χ0) is 15.8. The van der Waals surface area contributed by atoms with Gasteiger partial charge in [-0.3, -0.25) is 4.90 Å². The molecule has 0 radical (unpaired) electrons. The second-order valence-corrected chi connectivity index (χ2v) is 6.95. The molecule has 2 fully saturated rings. The number of rotatable bonds is 4. The van der Waals surface area contributed by atoms with E-state index in [0.29, 0.717) is 12.1 Å². The standard InChI is InChI=1S/C16H25N7/c1-20-8-4-3-5-13(20)9-21(2)14-10-22(11-14)16-7-6-15-18-17-12-23(15)19-16/h6-7,12-14H,3-5,8-11H2,1-2H3. The van der Waals surface area contributed by atoms with E-state index in [1.165, 1.54) is 32.4 Å². The summed E-state index contributed by atoms with van der Waals surface area (Å²) in [5, 5.41) is 12.4. The van der Waals surface area contributed by atoms with Crippen LogP contribution in [0.1, 0.15) is 19.3 Å². The van der Waals surface area contributed by atoms with E-state index in [4.69, 9.17) is 0 Å². The Morgan fingerprint density at radius 3 is 2.96 bits per heavy atom. The molecule has 0 N–H and O–H groups in total. The molecule has 2 saturated heterocycles. The fourth-order valence-corrected chi connectivity index (χ4v) is 3.66. The minimum absolute atomic E-state index is 0.628. The van der Waals surface area contributed by atoms with E-state index in [1.807, 2.05) is 12.1 Å². The molecular formula is C16H25N7. The summed E-state index contributed by atoms with van der Waals surface area (Å²) in [6, 6.07) is 5.36. The Labute approximate surface area is 136 Å². The smallest absolute Gasteiger partial charge is 0.177 e. The predicted molar refractivity (Wildman–Crippen MR) is 89.7 cm³/mol. The molecular weight excluding hydrogens is 290 g/mol. The molecule has 0 aromatic carbocycles. The van der Waals surface area contributed by atoms with Crippen molar-refractivity contribution < 1.29 is 0 Å². The highest BCUT2D eigenvalue weighted by atomic mass is 15.4. The van der Waals surface area contributed by atoms with E-state index >= 15 is 0 Å². The van der Waals surface area contributed by atoms with Gasteiger partial charge in [-0.15, -0.1) is 15.3 Å². The first kappa shape index (κ1) is 14.8. The molecule has 0 saturated carbocycles. The van der Waals surface area contributed by atoms with Crippen LogP contribution >= 0.6 is 0 Å². The molecule has 0 spiro atoms. The summed E-state index contributed by atoms with van der Waals surface area (Å²) in [6.07, 6.45) is 5.72. The fraction of sp³-hybridized carbons (Fsp3) is 0.688. The number of piperidine rings is 1. The lowest BCUT2D eigenvalue weighted by Crippen LogP contribution is -2.60. The van der Waals surface area contributed by atoms with E-state index in [1.54, 1.807) is 10.8 Å². The van der Waals surface area contributed by atoms with Crippen molar-refractivity contribution in [3.63, 3.8) is 0 Å². The maximum absolute atomic E-state index is 4.57. The maximum atomic E-state index is 4.57. The quantitative estimate of drug-likeness (QED) is 0.829. The van der Waals surface area contributed by atoms with Gasteiger partial charge in [0.1, 0.15) is 12.1 Å². The molecule has 0 amide bonds. The Balaban J connectivity index is 1.33. The largest absolute Gasteiger partial charge is 0.352 e. The molecule has 0 aliphatic carbocycles. The molecule has 7 heteroatoms. The summed E-state index contributed by atoms with van der Waals surface area (Å²) in [5.41, 5.74) is 0.795. The molecule has 124 valence electrons. The molecule has 23 heavy (non-hydrogen) atoms. The van der Waals surface area contributed by atoms with Crippen LogP contribution in [0.4, 0.5) is 5.82 Å². The van der Waals surface area contributed by atoms with Gasteiger partial charge in [-0.2, -0.15) is 4.52 Å². The number of likely N-dealkylation sites (tertiary alicyclic amines) is 1. The minimum Gasteiger partial charge on any atom is -0.352 e. The average molecular weight is 315 g/mol. The first-order valence-electron chi connectivity index (χ1n) is 8.53. The van der Waals surface area contributed by atoms with Gasteiger partial charge in [0, 0.05) is 31.7 Å². The predicted octanol–water partition coefficient (Wildman–Crippen LogP) is 0.729. The van der Waals surface area contributed by atoms with Gasteiger partial charge in [-0.1, -0.05) is 6.42 Å². The molecule has 7 nitrogen and oxygen atoms in total. The van der Waals surface area contributed by atoms with Gasteiger partial charge in [0.15, 0.2) is 5.65 Å². The number of hydrogen-bond donors (Lipinski definition) is 0. The van der Waals surface area contributed by atoms with Crippen LogP contribution in [0.25, 0.3) is 5.65 Å². The molecule has 4 heterocycles. The Hall–Kier alpha value is -1.73. The summed E-state index contributed by atoms with van der Waals surface area (Å²) in [5.74, 6) is 1.01. The van der Waals surface area contributed by atoms with Crippen molar-refractivity contribution in [3.8, 4) is 0 Å². The monoisotopic (exact) mass is 315 g/mol. The van der Waals surface area contributed by atoms with Gasteiger partial charge in [0.25, 0.3) is 0 Å². The van der Waals surface area contributed by atoms with E-state index in [2.05, 4.69) is 44.1 Å². The Morgan fingerprint density at radius 2 is 2.13 bits per heavy atom. The molecule has 4 rings (SSSR count). The second kappa shape index (κ2) is 6.05. The van der Waals surface area contributed by atoms with Crippen LogP contribution in [0.5, 0.6) is 0 Å². The number of likely N-dealkylation sites (N-methyl/N-ethyl adjacent to an activating group) is 2. The van der Waals surface area contributed by atoms with Gasteiger partial charge in [-0.25, -0.2) is 0 Å². The van der Waals surface area contributed by atoms with Crippen molar-refractivity contribution in [2.75, 3.05) is 45.2 Å². The number of anilines is 1. The van der Waals surface area contributed by atoms with Crippen LogP contribution in [0.2, 0.25) is 0 Å². The molecule has 2 aromatic rings. The van der Waals surface area contributed by atoms with Crippen molar-refractivity contribution in [2.45, 2.75) is 31.3 Å². The lowest BCUT2D eigenvalue weighted by atomic mass is 10.0. The Bertz CT molecular complexity index is 663. The van der Waals surface area contributed by atoms with E-state index < -0.39 is 0 Å². The molecule has 1 atom stereocenters. The van der Waals surface area contributed by atoms with Crippen LogP contribution < -0.4 is 4.90 Å². The number of hydrogen-bond acceptors (Lipinski definition) is 6. The topological polar surface area (TPSA) is 52.8 Å². The zero-order valence-corrected chi connectivity index (χ0v) is 14.0. The van der Waals surface area contributed by atoms with Crippen LogP contribution in [-0.4, -0.2) is 82.0 Å². The van der Waals surface area contributed by atoms with E-state index in [9.17, 15) is 0 Å². The third-order valence-electron chi connectivity index (χ3n) is 5.38. The van der Waals surface area contributed by atoms with Gasteiger partial charge in [0.05, 0.1) is 0 Å². The molecule has 0 bridgehead atoms. The Morgan fingerprint density at radius 1 is 1.26 bits per heavy atom. The third kappa shape index (κ3) is 2.90. The third-order valence-corrected chi connectivity index (χ3v) is 5.38. The molecule has 2 aliphatic heterocycles. The molecule has 1 unspecified atom stereocenters. The number of aromatic nitrogens is 4. The molecule has 2 aromatic heterocycles. The van der Waals surface area contributed by atoms with Crippen molar-refractivity contribution in [2.24, 2.45) is 0 Å². The van der Waals surface area contributed by atoms with Crippen LogP contribution in [0.3, 0.4) is 0 Å². The highest BCUT2D eigenvalue weighted by molar-refractivity contribution is 5.47. The average Bonchev–Trinajstić information content (AvgIpc) is 2.96.